The third-order valence-corrected chi connectivity index (χ3v) is 10.1. The molecule has 0 bridgehead atoms. The van der Waals surface area contributed by atoms with Gasteiger partial charge in [0.15, 0.2) is 0 Å². The fourth-order valence-electron chi connectivity index (χ4n) is 5.18. The first-order valence-electron chi connectivity index (χ1n) is 12.3. The van der Waals surface area contributed by atoms with E-state index in [2.05, 4.69) is 17.4 Å². The summed E-state index contributed by atoms with van der Waals surface area (Å²) in [4.78, 5) is 27.0. The van der Waals surface area contributed by atoms with Crippen LogP contribution in [0.4, 0.5) is 5.69 Å². The normalized spacial score (nSPS) is 22.2. The second-order valence-electron chi connectivity index (χ2n) is 9.59. The zero-order valence-corrected chi connectivity index (χ0v) is 21.2. The smallest absolute Gasteiger partial charge is 0.245 e. The molecule has 1 aromatic carbocycles. The summed E-state index contributed by atoms with van der Waals surface area (Å²) in [5, 5.41) is 12.1. The predicted molar refractivity (Wildman–Crippen MR) is 140 cm³/mol. The second-order valence-corrected chi connectivity index (χ2v) is 12.2. The molecule has 1 saturated heterocycles. The molecule has 1 aliphatic carbocycles. The van der Waals surface area contributed by atoms with Gasteiger partial charge in [0.1, 0.15) is 0 Å². The number of carbonyl (C=O) groups excluding carboxylic acids is 2. The minimum Gasteiger partial charge on any atom is -0.325 e. The number of benzene rings is 1. The number of anilines is 1. The molecule has 1 saturated carbocycles. The summed E-state index contributed by atoms with van der Waals surface area (Å²) in [6.45, 7) is 0. The van der Waals surface area contributed by atoms with Gasteiger partial charge in [0.05, 0.1) is 10.8 Å². The first-order valence-corrected chi connectivity index (χ1v) is 14.1. The average molecular weight is 502 g/mol. The highest BCUT2D eigenvalue weighted by molar-refractivity contribution is 8.00. The van der Waals surface area contributed by atoms with E-state index < -0.39 is 6.04 Å². The van der Waals surface area contributed by atoms with E-state index in [-0.39, 0.29) is 23.0 Å². The zero-order valence-electron chi connectivity index (χ0n) is 19.6. The molecule has 2 heterocycles. The lowest BCUT2D eigenvalue weighted by molar-refractivity contribution is -0.129. The lowest BCUT2D eigenvalue weighted by Gasteiger charge is -2.35. The van der Waals surface area contributed by atoms with Crippen LogP contribution in [0.1, 0.15) is 69.1 Å². The maximum absolute atomic E-state index is 12.7. The van der Waals surface area contributed by atoms with Gasteiger partial charge in [0.2, 0.25) is 11.8 Å². The van der Waals surface area contributed by atoms with Crippen LogP contribution in [0.3, 0.4) is 0 Å². The Balaban J connectivity index is 1.45. The van der Waals surface area contributed by atoms with Gasteiger partial charge >= 0.3 is 0 Å². The van der Waals surface area contributed by atoms with E-state index in [1.54, 1.807) is 11.3 Å². The van der Waals surface area contributed by atoms with Crippen LogP contribution < -0.4 is 16.5 Å². The molecule has 4 rings (SSSR count). The quantitative estimate of drug-likeness (QED) is 0.276. The van der Waals surface area contributed by atoms with Crippen molar-refractivity contribution in [3.05, 3.63) is 41.3 Å². The summed E-state index contributed by atoms with van der Waals surface area (Å²) in [6, 6.07) is 11.6. The summed E-state index contributed by atoms with van der Waals surface area (Å²) in [5.41, 5.74) is 9.82. The third kappa shape index (κ3) is 6.22. The van der Waals surface area contributed by atoms with Gasteiger partial charge in [-0.2, -0.15) is 0 Å². The summed E-state index contributed by atoms with van der Waals surface area (Å²) in [7, 11) is 0. The van der Waals surface area contributed by atoms with Crippen molar-refractivity contribution in [2.24, 2.45) is 11.7 Å². The molecule has 1 aromatic heterocycles. The second kappa shape index (κ2) is 11.7. The number of thiophene rings is 1. The Bertz CT molecular complexity index is 981. The van der Waals surface area contributed by atoms with Crippen molar-refractivity contribution in [3.63, 3.8) is 0 Å². The Labute approximate surface area is 210 Å². The van der Waals surface area contributed by atoms with Crippen LogP contribution in [0.5, 0.6) is 0 Å². The predicted octanol–water partition coefficient (Wildman–Crippen LogP) is 5.66. The molecule has 2 atom stereocenters. The summed E-state index contributed by atoms with van der Waals surface area (Å²) in [6.07, 6.45) is 10.3. The van der Waals surface area contributed by atoms with Gasteiger partial charge in [-0.1, -0.05) is 50.7 Å². The van der Waals surface area contributed by atoms with Gasteiger partial charge < -0.3 is 11.1 Å². The Kier molecular flexibility index (Phi) is 8.69. The van der Waals surface area contributed by atoms with Crippen LogP contribution in [0.15, 0.2) is 36.4 Å². The third-order valence-electron chi connectivity index (χ3n) is 7.04. The minimum absolute atomic E-state index is 0.123. The number of thioether (sulfide) groups is 1. The number of amides is 2. The number of hydrogen-bond acceptors (Lipinski definition) is 6. The fraction of sp³-hybridized carbons (Fsp3) is 0.538. The van der Waals surface area contributed by atoms with Crippen molar-refractivity contribution in [1.82, 2.24) is 5.48 Å². The van der Waals surface area contributed by atoms with Gasteiger partial charge in [-0.25, -0.2) is 5.48 Å². The fourth-order valence-corrected chi connectivity index (χ4v) is 8.07. The van der Waals surface area contributed by atoms with Crippen molar-refractivity contribution in [3.8, 4) is 10.4 Å². The van der Waals surface area contributed by atoms with E-state index in [1.807, 2.05) is 41.5 Å². The van der Waals surface area contributed by atoms with Gasteiger partial charge in [0, 0.05) is 21.9 Å². The largest absolute Gasteiger partial charge is 0.325 e. The Hall–Kier alpha value is -1.87. The number of hydroxylamine groups is 1. The van der Waals surface area contributed by atoms with E-state index in [4.69, 9.17) is 10.9 Å². The standard InChI is InChI=1S/C26H35N3O3S2/c27-21(15-18-7-2-1-3-8-18)25(31)28-20-10-6-9-19(16-20)22-11-12-23(34-22)26(17-24(30)29-32)13-4-5-14-33-26/h6,9-12,16,18,21,32H,1-5,7-8,13-15,17,27H2,(H,28,31)(H,29,30)/t21-,26-/m0/s1. The van der Waals surface area contributed by atoms with Crippen LogP contribution in [0, 0.1) is 5.92 Å². The van der Waals surface area contributed by atoms with E-state index in [0.717, 1.165) is 52.4 Å². The zero-order chi connectivity index (χ0) is 24.0. The van der Waals surface area contributed by atoms with Gasteiger partial charge in [-0.3, -0.25) is 14.8 Å². The van der Waals surface area contributed by atoms with E-state index >= 15 is 0 Å². The maximum atomic E-state index is 12.7. The number of hydrogen-bond donors (Lipinski definition) is 4. The van der Waals surface area contributed by atoms with Crippen molar-refractivity contribution in [2.75, 3.05) is 11.1 Å². The maximum Gasteiger partial charge on any atom is 0.245 e. The molecular formula is C26H35N3O3S2. The topological polar surface area (TPSA) is 104 Å². The molecule has 2 aliphatic rings. The highest BCUT2D eigenvalue weighted by Gasteiger charge is 2.38. The molecule has 8 heteroatoms. The highest BCUT2D eigenvalue weighted by atomic mass is 32.2. The first-order chi connectivity index (χ1) is 16.5. The van der Waals surface area contributed by atoms with Crippen LogP contribution in [-0.4, -0.2) is 28.8 Å². The molecule has 0 radical (unpaired) electrons. The van der Waals surface area contributed by atoms with Crippen molar-refractivity contribution in [2.45, 2.75) is 75.0 Å². The molecule has 184 valence electrons. The van der Waals surface area contributed by atoms with E-state index in [1.165, 1.54) is 32.1 Å². The first kappa shape index (κ1) is 25.2. The van der Waals surface area contributed by atoms with E-state index in [9.17, 15) is 9.59 Å². The van der Waals surface area contributed by atoms with Crippen LogP contribution in [0.2, 0.25) is 0 Å². The SMILES string of the molecule is N[C@@H](CC1CCCCC1)C(=O)Nc1cccc(-c2ccc([C@@]3(CC(=O)NO)CCCCS3)s2)c1. The lowest BCUT2D eigenvalue weighted by Crippen LogP contribution is -2.37. The Morgan fingerprint density at radius 3 is 2.68 bits per heavy atom. The number of nitrogens with two attached hydrogens (primary N) is 1. The molecule has 0 spiro atoms. The summed E-state index contributed by atoms with van der Waals surface area (Å²) >= 11 is 3.49. The molecule has 2 amide bonds. The monoisotopic (exact) mass is 501 g/mol. The number of carbonyl (C=O) groups is 2. The number of nitrogens with one attached hydrogen (secondary N) is 2. The van der Waals surface area contributed by atoms with Crippen molar-refractivity contribution in [1.29, 1.82) is 0 Å². The van der Waals surface area contributed by atoms with Crippen molar-refractivity contribution >= 4 is 40.6 Å². The molecule has 5 N–H and O–H groups in total. The lowest BCUT2D eigenvalue weighted by atomic mass is 9.85. The Morgan fingerprint density at radius 2 is 1.94 bits per heavy atom. The van der Waals surface area contributed by atoms with E-state index in [0.29, 0.717) is 5.92 Å². The van der Waals surface area contributed by atoms with Crippen LogP contribution >= 0.6 is 23.1 Å². The van der Waals surface area contributed by atoms with Crippen molar-refractivity contribution < 1.29 is 14.8 Å². The van der Waals surface area contributed by atoms with Crippen LogP contribution in [0.25, 0.3) is 10.4 Å². The average Bonchev–Trinajstić information content (AvgIpc) is 3.37. The summed E-state index contributed by atoms with van der Waals surface area (Å²) in [5.74, 6) is 1.10. The van der Waals surface area contributed by atoms with Gasteiger partial charge in [0.25, 0.3) is 0 Å². The van der Waals surface area contributed by atoms with Gasteiger partial charge in [-0.15, -0.1) is 23.1 Å². The van der Waals surface area contributed by atoms with Gasteiger partial charge in [-0.05, 0) is 60.8 Å². The molecule has 2 fully saturated rings. The molecule has 34 heavy (non-hydrogen) atoms. The van der Waals surface area contributed by atoms with Crippen LogP contribution in [-0.2, 0) is 14.3 Å². The highest BCUT2D eigenvalue weighted by Crippen LogP contribution is 2.50. The molecule has 6 nitrogen and oxygen atoms in total. The summed E-state index contributed by atoms with van der Waals surface area (Å²) < 4.78 is -0.300. The number of rotatable bonds is 8. The minimum atomic E-state index is -0.485. The molecule has 0 unspecified atom stereocenters. The molecular weight excluding hydrogens is 466 g/mol. The Morgan fingerprint density at radius 1 is 1.12 bits per heavy atom. The molecule has 1 aliphatic heterocycles. The molecule has 2 aromatic rings.